The van der Waals surface area contributed by atoms with E-state index in [2.05, 4.69) is 15.3 Å². The SMILES string of the molecule is CCCc1cccc(CNC(=O)c2ccc3ncccc3n2)c1F. The number of halogens is 1. The highest BCUT2D eigenvalue weighted by molar-refractivity contribution is 5.94. The van der Waals surface area contributed by atoms with Crippen LogP contribution in [0.2, 0.25) is 0 Å². The Labute approximate surface area is 139 Å². The summed E-state index contributed by atoms with van der Waals surface area (Å²) >= 11 is 0. The minimum atomic E-state index is -0.332. The summed E-state index contributed by atoms with van der Waals surface area (Å²) < 4.78 is 14.3. The van der Waals surface area contributed by atoms with Crippen molar-refractivity contribution in [1.82, 2.24) is 15.3 Å². The van der Waals surface area contributed by atoms with Gasteiger partial charge in [0.25, 0.3) is 5.91 Å². The van der Waals surface area contributed by atoms with Gasteiger partial charge in [0, 0.05) is 18.3 Å². The minimum absolute atomic E-state index is 0.134. The second-order valence-electron chi connectivity index (χ2n) is 5.56. The summed E-state index contributed by atoms with van der Waals surface area (Å²) in [6.07, 6.45) is 3.24. The average Bonchev–Trinajstić information content (AvgIpc) is 2.62. The number of benzene rings is 1. The van der Waals surface area contributed by atoms with E-state index in [0.29, 0.717) is 28.8 Å². The smallest absolute Gasteiger partial charge is 0.270 e. The lowest BCUT2D eigenvalue weighted by molar-refractivity contribution is 0.0946. The molecule has 0 saturated heterocycles. The van der Waals surface area contributed by atoms with Gasteiger partial charge in [0.05, 0.1) is 11.0 Å². The van der Waals surface area contributed by atoms with E-state index in [1.165, 1.54) is 0 Å². The predicted octanol–water partition coefficient (Wildman–Crippen LogP) is 3.65. The van der Waals surface area contributed by atoms with E-state index in [1.54, 1.807) is 42.6 Å². The summed E-state index contributed by atoms with van der Waals surface area (Å²) in [5, 5.41) is 2.73. The lowest BCUT2D eigenvalue weighted by Gasteiger charge is -2.09. The van der Waals surface area contributed by atoms with Gasteiger partial charge in [-0.1, -0.05) is 31.5 Å². The van der Waals surface area contributed by atoms with Gasteiger partial charge in [-0.25, -0.2) is 9.37 Å². The van der Waals surface area contributed by atoms with Crippen molar-refractivity contribution in [2.75, 3.05) is 0 Å². The van der Waals surface area contributed by atoms with Crippen LogP contribution in [0.5, 0.6) is 0 Å². The van der Waals surface area contributed by atoms with E-state index in [-0.39, 0.29) is 18.3 Å². The summed E-state index contributed by atoms with van der Waals surface area (Å²) in [6.45, 7) is 2.14. The molecular formula is C19H18FN3O. The van der Waals surface area contributed by atoms with Crippen LogP contribution in [0.4, 0.5) is 4.39 Å². The summed E-state index contributed by atoms with van der Waals surface area (Å²) in [6, 6.07) is 12.2. The molecule has 122 valence electrons. The van der Waals surface area contributed by atoms with Gasteiger partial charge < -0.3 is 5.32 Å². The van der Waals surface area contributed by atoms with Crippen molar-refractivity contribution in [2.45, 2.75) is 26.3 Å². The molecule has 24 heavy (non-hydrogen) atoms. The molecule has 0 aliphatic heterocycles. The number of carbonyl (C=O) groups excluding carboxylic acids is 1. The third kappa shape index (κ3) is 3.40. The monoisotopic (exact) mass is 323 g/mol. The molecule has 0 atom stereocenters. The molecule has 0 unspecified atom stereocenters. The van der Waals surface area contributed by atoms with Crippen molar-refractivity contribution in [1.29, 1.82) is 0 Å². The highest BCUT2D eigenvalue weighted by Crippen LogP contribution is 2.15. The Balaban J connectivity index is 1.74. The maximum atomic E-state index is 14.3. The quantitative estimate of drug-likeness (QED) is 0.780. The molecule has 2 aromatic heterocycles. The molecule has 0 aliphatic carbocycles. The van der Waals surface area contributed by atoms with Gasteiger partial charge >= 0.3 is 0 Å². The fraction of sp³-hybridized carbons (Fsp3) is 0.211. The lowest BCUT2D eigenvalue weighted by Crippen LogP contribution is -2.24. The maximum Gasteiger partial charge on any atom is 0.270 e. The van der Waals surface area contributed by atoms with Gasteiger partial charge in [0.1, 0.15) is 11.5 Å². The number of amides is 1. The Hall–Kier alpha value is -2.82. The summed E-state index contributed by atoms with van der Waals surface area (Å²) in [7, 11) is 0. The number of aromatic nitrogens is 2. The van der Waals surface area contributed by atoms with Gasteiger partial charge in [-0.2, -0.15) is 0 Å². The minimum Gasteiger partial charge on any atom is -0.347 e. The number of aryl methyl sites for hydroxylation is 1. The molecule has 0 aliphatic rings. The topological polar surface area (TPSA) is 54.9 Å². The highest BCUT2D eigenvalue weighted by Gasteiger charge is 2.11. The number of rotatable bonds is 5. The fourth-order valence-electron chi connectivity index (χ4n) is 2.58. The van der Waals surface area contributed by atoms with E-state index in [9.17, 15) is 9.18 Å². The van der Waals surface area contributed by atoms with E-state index in [4.69, 9.17) is 0 Å². The van der Waals surface area contributed by atoms with Crippen LogP contribution in [-0.2, 0) is 13.0 Å². The molecule has 3 aromatic rings. The van der Waals surface area contributed by atoms with Crippen LogP contribution >= 0.6 is 0 Å². The largest absolute Gasteiger partial charge is 0.347 e. The Morgan fingerprint density at radius 1 is 1.08 bits per heavy atom. The first-order valence-corrected chi connectivity index (χ1v) is 7.95. The number of carbonyl (C=O) groups is 1. The highest BCUT2D eigenvalue weighted by atomic mass is 19.1. The summed E-state index contributed by atoms with van der Waals surface area (Å²) in [5.41, 5.74) is 2.84. The predicted molar refractivity (Wildman–Crippen MR) is 91.1 cm³/mol. The number of nitrogens with one attached hydrogen (secondary N) is 1. The third-order valence-electron chi connectivity index (χ3n) is 3.81. The Morgan fingerprint density at radius 3 is 2.75 bits per heavy atom. The summed E-state index contributed by atoms with van der Waals surface area (Å²) in [4.78, 5) is 20.7. The molecular weight excluding hydrogens is 305 g/mol. The molecule has 0 radical (unpaired) electrons. The van der Waals surface area contributed by atoms with Crippen LogP contribution in [0.1, 0.15) is 35.0 Å². The van der Waals surface area contributed by atoms with Crippen LogP contribution in [0.25, 0.3) is 11.0 Å². The van der Waals surface area contributed by atoms with Gasteiger partial charge in [0.2, 0.25) is 0 Å². The fourth-order valence-corrected chi connectivity index (χ4v) is 2.58. The van der Waals surface area contributed by atoms with Crippen LogP contribution < -0.4 is 5.32 Å². The molecule has 0 saturated carbocycles. The first-order valence-electron chi connectivity index (χ1n) is 7.95. The van der Waals surface area contributed by atoms with Crippen molar-refractivity contribution in [3.8, 4) is 0 Å². The van der Waals surface area contributed by atoms with E-state index in [0.717, 1.165) is 11.9 Å². The number of hydrogen-bond acceptors (Lipinski definition) is 3. The first kappa shape index (κ1) is 16.1. The third-order valence-corrected chi connectivity index (χ3v) is 3.81. The van der Waals surface area contributed by atoms with Crippen LogP contribution in [0, 0.1) is 5.82 Å². The Bertz CT molecular complexity index is 879. The van der Waals surface area contributed by atoms with Gasteiger partial charge in [0.15, 0.2) is 0 Å². The van der Waals surface area contributed by atoms with Crippen molar-refractivity contribution in [2.24, 2.45) is 0 Å². The van der Waals surface area contributed by atoms with Crippen LogP contribution in [0.3, 0.4) is 0 Å². The Morgan fingerprint density at radius 2 is 1.92 bits per heavy atom. The normalized spacial score (nSPS) is 10.8. The molecule has 5 heteroatoms. The zero-order valence-electron chi connectivity index (χ0n) is 13.4. The van der Waals surface area contributed by atoms with Gasteiger partial charge in [-0.15, -0.1) is 0 Å². The maximum absolute atomic E-state index is 14.3. The molecule has 1 amide bonds. The summed E-state index contributed by atoms with van der Waals surface area (Å²) in [5.74, 6) is -0.573. The number of nitrogens with zero attached hydrogens (tertiary/aromatic N) is 2. The molecule has 2 heterocycles. The van der Waals surface area contributed by atoms with Crippen molar-refractivity contribution in [3.05, 3.63) is 71.3 Å². The van der Waals surface area contributed by atoms with Crippen molar-refractivity contribution >= 4 is 16.9 Å². The second kappa shape index (κ2) is 7.17. The van der Waals surface area contributed by atoms with Gasteiger partial charge in [-0.05, 0) is 36.2 Å². The van der Waals surface area contributed by atoms with Crippen molar-refractivity contribution in [3.63, 3.8) is 0 Å². The number of pyridine rings is 2. The molecule has 3 rings (SSSR count). The molecule has 1 N–H and O–H groups in total. The standard InChI is InChI=1S/C19H18FN3O/c1-2-5-13-6-3-7-14(18(13)20)12-22-19(24)17-10-9-15-16(23-17)8-4-11-21-15/h3-4,6-11H,2,5,12H2,1H3,(H,22,24). The van der Waals surface area contributed by atoms with E-state index >= 15 is 0 Å². The number of fused-ring (bicyclic) bond motifs is 1. The average molecular weight is 323 g/mol. The van der Waals surface area contributed by atoms with E-state index in [1.807, 2.05) is 13.0 Å². The first-order chi connectivity index (χ1) is 11.7. The van der Waals surface area contributed by atoms with E-state index < -0.39 is 0 Å². The zero-order valence-corrected chi connectivity index (χ0v) is 13.4. The second-order valence-corrected chi connectivity index (χ2v) is 5.56. The lowest BCUT2D eigenvalue weighted by atomic mass is 10.1. The van der Waals surface area contributed by atoms with Gasteiger partial charge in [-0.3, -0.25) is 9.78 Å². The number of hydrogen-bond donors (Lipinski definition) is 1. The molecule has 0 bridgehead atoms. The van der Waals surface area contributed by atoms with Crippen LogP contribution in [-0.4, -0.2) is 15.9 Å². The molecule has 0 fully saturated rings. The Kier molecular flexibility index (Phi) is 4.79. The zero-order chi connectivity index (χ0) is 16.9. The van der Waals surface area contributed by atoms with Crippen LogP contribution in [0.15, 0.2) is 48.7 Å². The molecule has 0 spiro atoms. The molecule has 4 nitrogen and oxygen atoms in total. The molecule has 1 aromatic carbocycles. The van der Waals surface area contributed by atoms with Crippen molar-refractivity contribution < 1.29 is 9.18 Å².